The summed E-state index contributed by atoms with van der Waals surface area (Å²) in [7, 11) is 0. The number of rotatable bonds is 8. The average Bonchev–Trinajstić information content (AvgIpc) is 3.54. The van der Waals surface area contributed by atoms with Crippen LogP contribution in [-0.2, 0) is 4.79 Å². The molecule has 0 unspecified atom stereocenters. The van der Waals surface area contributed by atoms with Crippen molar-refractivity contribution in [1.29, 1.82) is 0 Å². The maximum Gasteiger partial charge on any atom is 0.257 e. The van der Waals surface area contributed by atoms with Crippen molar-refractivity contribution in [1.82, 2.24) is 25.7 Å². The van der Waals surface area contributed by atoms with Gasteiger partial charge in [-0.15, -0.1) is 0 Å². The topological polar surface area (TPSA) is 126 Å². The third-order valence-electron chi connectivity index (χ3n) is 8.83. The Labute approximate surface area is 240 Å². The second-order valence-electron chi connectivity index (χ2n) is 11.5. The SMILES string of the molecule is Cc1nocc1C(=O)N[C@H](C(=O)Nc1ccc(-c2c(C)n[nH]c2C)c(Cl)n1)C(C1CCCCC1)C1CCCCC1. The first kappa shape index (κ1) is 28.3. The Kier molecular flexibility index (Phi) is 8.88. The number of aromatic nitrogens is 4. The molecule has 5 rings (SSSR count). The summed E-state index contributed by atoms with van der Waals surface area (Å²) >= 11 is 6.61. The van der Waals surface area contributed by atoms with Gasteiger partial charge in [-0.2, -0.15) is 5.10 Å². The van der Waals surface area contributed by atoms with Gasteiger partial charge in [0.1, 0.15) is 28.8 Å². The predicted octanol–water partition coefficient (Wildman–Crippen LogP) is 6.55. The first-order valence-corrected chi connectivity index (χ1v) is 14.9. The second kappa shape index (κ2) is 12.5. The molecule has 10 heteroatoms. The molecule has 40 heavy (non-hydrogen) atoms. The molecule has 0 bridgehead atoms. The molecule has 3 heterocycles. The van der Waals surface area contributed by atoms with Gasteiger partial charge in [-0.25, -0.2) is 4.98 Å². The van der Waals surface area contributed by atoms with Gasteiger partial charge in [0.2, 0.25) is 5.91 Å². The number of nitrogens with one attached hydrogen (secondary N) is 3. The quantitative estimate of drug-likeness (QED) is 0.265. The summed E-state index contributed by atoms with van der Waals surface area (Å²) in [5.74, 6) is 0.530. The van der Waals surface area contributed by atoms with Gasteiger partial charge in [-0.05, 0) is 50.7 Å². The monoisotopic (exact) mass is 566 g/mol. The zero-order valence-electron chi connectivity index (χ0n) is 23.6. The van der Waals surface area contributed by atoms with Crippen LogP contribution in [-0.4, -0.2) is 38.2 Å². The largest absolute Gasteiger partial charge is 0.364 e. The molecule has 1 atom stereocenters. The van der Waals surface area contributed by atoms with E-state index in [1.54, 1.807) is 13.0 Å². The smallest absolute Gasteiger partial charge is 0.257 e. The number of pyridine rings is 1. The fourth-order valence-electron chi connectivity index (χ4n) is 6.88. The van der Waals surface area contributed by atoms with Crippen LogP contribution in [0, 0.1) is 38.5 Å². The molecule has 2 amide bonds. The van der Waals surface area contributed by atoms with Crippen LogP contribution in [0.15, 0.2) is 22.9 Å². The van der Waals surface area contributed by atoms with Gasteiger partial charge >= 0.3 is 0 Å². The van der Waals surface area contributed by atoms with Gasteiger partial charge in [0.15, 0.2) is 0 Å². The van der Waals surface area contributed by atoms with Crippen molar-refractivity contribution < 1.29 is 14.1 Å². The van der Waals surface area contributed by atoms with Crippen molar-refractivity contribution in [2.45, 2.75) is 91.0 Å². The number of aryl methyl sites for hydroxylation is 3. The maximum atomic E-state index is 14.1. The molecule has 2 aliphatic carbocycles. The molecule has 0 spiro atoms. The van der Waals surface area contributed by atoms with Gasteiger partial charge in [0.05, 0.1) is 11.4 Å². The molecule has 3 N–H and O–H groups in total. The molecule has 0 saturated heterocycles. The lowest BCUT2D eigenvalue weighted by atomic mass is 9.66. The summed E-state index contributed by atoms with van der Waals surface area (Å²) < 4.78 is 5.03. The molecule has 3 aromatic heterocycles. The third kappa shape index (κ3) is 6.09. The van der Waals surface area contributed by atoms with E-state index in [1.807, 2.05) is 19.9 Å². The van der Waals surface area contributed by atoms with Crippen LogP contribution in [0.25, 0.3) is 11.1 Å². The number of halogens is 1. The highest BCUT2D eigenvalue weighted by Gasteiger charge is 2.41. The number of hydrogen-bond donors (Lipinski definition) is 3. The predicted molar refractivity (Wildman–Crippen MR) is 154 cm³/mol. The van der Waals surface area contributed by atoms with E-state index < -0.39 is 6.04 Å². The van der Waals surface area contributed by atoms with Crippen LogP contribution in [0.4, 0.5) is 5.82 Å². The van der Waals surface area contributed by atoms with E-state index >= 15 is 0 Å². The highest BCUT2D eigenvalue weighted by atomic mass is 35.5. The van der Waals surface area contributed by atoms with Crippen molar-refractivity contribution in [2.75, 3.05) is 5.32 Å². The molecular formula is C30H39ClN6O3. The second-order valence-corrected chi connectivity index (χ2v) is 11.8. The number of aromatic amines is 1. The standard InChI is InChI=1S/C30H39ClN6O3/c1-17-23(16-40-37-17)29(38)34-27(26(20-10-6-4-7-11-20)21-12-8-5-9-13-21)30(39)33-24-15-14-22(28(31)32-24)25-18(2)35-36-19(25)3/h14-16,20-21,26-27H,4-13H2,1-3H3,(H,34,38)(H,35,36)(H,32,33,39)/t27-/m0/s1. The third-order valence-corrected chi connectivity index (χ3v) is 9.12. The molecule has 0 aromatic carbocycles. The summed E-state index contributed by atoms with van der Waals surface area (Å²) in [5.41, 5.74) is 4.22. The van der Waals surface area contributed by atoms with Crippen LogP contribution in [0.2, 0.25) is 5.15 Å². The molecule has 2 aliphatic rings. The van der Waals surface area contributed by atoms with Gasteiger partial charge in [0.25, 0.3) is 5.91 Å². The number of carbonyl (C=O) groups is 2. The van der Waals surface area contributed by atoms with Crippen LogP contribution in [0.5, 0.6) is 0 Å². The van der Waals surface area contributed by atoms with Crippen LogP contribution in [0.3, 0.4) is 0 Å². The van der Waals surface area contributed by atoms with Crippen molar-refractivity contribution >= 4 is 29.2 Å². The number of amides is 2. The lowest BCUT2D eigenvalue weighted by Gasteiger charge is -2.41. The zero-order valence-corrected chi connectivity index (χ0v) is 24.3. The van der Waals surface area contributed by atoms with Crippen molar-refractivity contribution in [3.05, 3.63) is 46.2 Å². The normalized spacial score (nSPS) is 17.6. The van der Waals surface area contributed by atoms with Crippen molar-refractivity contribution in [3.8, 4) is 11.1 Å². The summed E-state index contributed by atoms with van der Waals surface area (Å²) in [5, 5.41) is 17.5. The number of H-pyrrole nitrogens is 1. The van der Waals surface area contributed by atoms with Gasteiger partial charge in [-0.1, -0.05) is 81.0 Å². The number of anilines is 1. The molecule has 0 radical (unpaired) electrons. The van der Waals surface area contributed by atoms with E-state index in [9.17, 15) is 9.59 Å². The van der Waals surface area contributed by atoms with E-state index in [0.717, 1.165) is 73.9 Å². The molecule has 214 valence electrons. The highest BCUT2D eigenvalue weighted by Crippen LogP contribution is 2.42. The van der Waals surface area contributed by atoms with Gasteiger partial charge in [0, 0.05) is 16.8 Å². The molecule has 0 aliphatic heterocycles. The van der Waals surface area contributed by atoms with Crippen molar-refractivity contribution in [3.63, 3.8) is 0 Å². The summed E-state index contributed by atoms with van der Waals surface area (Å²) in [4.78, 5) is 32.0. The molecule has 2 saturated carbocycles. The van der Waals surface area contributed by atoms with Gasteiger partial charge in [-0.3, -0.25) is 14.7 Å². The van der Waals surface area contributed by atoms with Crippen molar-refractivity contribution in [2.24, 2.45) is 17.8 Å². The number of hydrogen-bond acceptors (Lipinski definition) is 6. The summed E-state index contributed by atoms with van der Waals surface area (Å²) in [6.45, 7) is 5.57. The Morgan fingerprint density at radius 3 is 2.15 bits per heavy atom. The molecule has 3 aromatic rings. The number of carbonyl (C=O) groups excluding carboxylic acids is 2. The summed E-state index contributed by atoms with van der Waals surface area (Å²) in [6, 6.07) is 2.89. The highest BCUT2D eigenvalue weighted by molar-refractivity contribution is 6.32. The van der Waals surface area contributed by atoms with E-state index in [-0.39, 0.29) is 22.9 Å². The lowest BCUT2D eigenvalue weighted by Crippen LogP contribution is -2.53. The Bertz CT molecular complexity index is 1300. The maximum absolute atomic E-state index is 14.1. The Hall–Kier alpha value is -3.20. The zero-order chi connectivity index (χ0) is 28.2. The minimum atomic E-state index is -0.716. The van der Waals surface area contributed by atoms with E-state index in [2.05, 4.69) is 31.0 Å². The fourth-order valence-corrected chi connectivity index (χ4v) is 7.12. The first-order chi connectivity index (χ1) is 19.3. The lowest BCUT2D eigenvalue weighted by molar-refractivity contribution is -0.121. The van der Waals surface area contributed by atoms with E-state index in [1.165, 1.54) is 19.1 Å². The molecule has 9 nitrogen and oxygen atoms in total. The average molecular weight is 567 g/mol. The Morgan fingerprint density at radius 2 is 1.62 bits per heavy atom. The van der Waals surface area contributed by atoms with Crippen LogP contribution < -0.4 is 10.6 Å². The number of nitrogens with zero attached hydrogens (tertiary/aromatic N) is 3. The molecule has 2 fully saturated rings. The van der Waals surface area contributed by atoms with E-state index in [0.29, 0.717) is 28.9 Å². The summed E-state index contributed by atoms with van der Waals surface area (Å²) in [6.07, 6.45) is 12.7. The van der Waals surface area contributed by atoms with E-state index in [4.69, 9.17) is 16.1 Å². The first-order valence-electron chi connectivity index (χ1n) is 14.5. The molecular weight excluding hydrogens is 528 g/mol. The van der Waals surface area contributed by atoms with Gasteiger partial charge < -0.3 is 15.2 Å². The van der Waals surface area contributed by atoms with Crippen LogP contribution in [0.1, 0.15) is 91.6 Å². The minimum Gasteiger partial charge on any atom is -0.364 e. The Balaban J connectivity index is 1.45. The van der Waals surface area contributed by atoms with Crippen LogP contribution >= 0.6 is 11.6 Å². The minimum absolute atomic E-state index is 0.0377. The fraction of sp³-hybridized carbons (Fsp3) is 0.567. The Morgan fingerprint density at radius 1 is 0.975 bits per heavy atom.